The number of hydrogen-bond acceptors (Lipinski definition) is 7. The monoisotopic (exact) mass is 304 g/mol. The summed E-state index contributed by atoms with van der Waals surface area (Å²) in [5.41, 5.74) is 5.37. The molecule has 0 unspecified atom stereocenters. The van der Waals surface area contributed by atoms with Gasteiger partial charge in [0.1, 0.15) is 6.04 Å². The average Bonchev–Trinajstić information content (AvgIpc) is 2.37. The number of carboxylic acid groups (broad SMARTS) is 1. The summed E-state index contributed by atoms with van der Waals surface area (Å²) in [6, 6.07) is -2.60. The molecule has 0 saturated carbocycles. The van der Waals surface area contributed by atoms with E-state index in [-0.39, 0.29) is 13.2 Å². The van der Waals surface area contributed by atoms with Crippen LogP contribution in [0.1, 0.15) is 26.7 Å². The number of carboxylic acids is 1. The largest absolute Gasteiger partial charge is 0.481 e. The Balaban J connectivity index is 4.72. The van der Waals surface area contributed by atoms with Gasteiger partial charge in [-0.2, -0.15) is 0 Å². The van der Waals surface area contributed by atoms with Crippen LogP contribution in [0.3, 0.4) is 0 Å². The smallest absolute Gasteiger partial charge is 0.329 e. The van der Waals surface area contributed by atoms with Crippen LogP contribution in [0.15, 0.2) is 0 Å². The maximum absolute atomic E-state index is 11.7. The van der Waals surface area contributed by atoms with Crippen LogP contribution in [0.25, 0.3) is 0 Å². The number of carbonyl (C=O) groups is 4. The molecule has 4 N–H and O–H groups in total. The molecule has 0 aromatic carbocycles. The normalized spacial score (nSPS) is 12.9. The van der Waals surface area contributed by atoms with Gasteiger partial charge in [-0.05, 0) is 13.8 Å². The molecule has 9 heteroatoms. The Morgan fingerprint density at radius 2 is 1.67 bits per heavy atom. The fourth-order valence-corrected chi connectivity index (χ4v) is 1.38. The van der Waals surface area contributed by atoms with Crippen molar-refractivity contribution in [2.75, 3.05) is 13.2 Å². The minimum atomic E-state index is -1.33. The first-order chi connectivity index (χ1) is 9.81. The van der Waals surface area contributed by atoms with E-state index in [1.807, 2.05) is 0 Å². The number of nitrogens with two attached hydrogens (primary N) is 1. The second-order valence-electron chi connectivity index (χ2n) is 4.03. The van der Waals surface area contributed by atoms with Crippen LogP contribution in [0.2, 0.25) is 0 Å². The molecule has 0 spiro atoms. The van der Waals surface area contributed by atoms with E-state index in [4.69, 9.17) is 15.6 Å². The zero-order valence-corrected chi connectivity index (χ0v) is 12.0. The Kier molecular flexibility index (Phi) is 8.70. The quantitative estimate of drug-likeness (QED) is 0.450. The van der Waals surface area contributed by atoms with Gasteiger partial charge in [-0.25, -0.2) is 4.79 Å². The van der Waals surface area contributed by atoms with Crippen molar-refractivity contribution in [2.45, 2.75) is 38.8 Å². The third-order valence-corrected chi connectivity index (χ3v) is 2.30. The fourth-order valence-electron chi connectivity index (χ4n) is 1.38. The van der Waals surface area contributed by atoms with Gasteiger partial charge in [-0.15, -0.1) is 0 Å². The first-order valence-electron chi connectivity index (χ1n) is 6.41. The molecule has 0 rings (SSSR count). The third-order valence-electron chi connectivity index (χ3n) is 2.30. The molecule has 0 fully saturated rings. The number of carbonyl (C=O) groups excluding carboxylic acids is 3. The maximum atomic E-state index is 11.7. The molecule has 0 aromatic heterocycles. The SMILES string of the molecule is CCOC(=O)C[C@@H](NC(=O)[C@@H](N)CC(=O)O)C(=O)OCC. The number of ether oxygens (including phenoxy) is 2. The Labute approximate surface area is 121 Å². The lowest BCUT2D eigenvalue weighted by atomic mass is 10.1. The number of hydrogen-bond donors (Lipinski definition) is 3. The van der Waals surface area contributed by atoms with Crippen molar-refractivity contribution in [1.29, 1.82) is 0 Å². The van der Waals surface area contributed by atoms with Gasteiger partial charge in [0.25, 0.3) is 0 Å². The van der Waals surface area contributed by atoms with Gasteiger partial charge in [-0.3, -0.25) is 14.4 Å². The molecule has 0 aliphatic rings. The van der Waals surface area contributed by atoms with Crippen molar-refractivity contribution < 1.29 is 33.8 Å². The molecule has 0 aromatic rings. The number of amides is 1. The molecule has 0 saturated heterocycles. The molecule has 1 amide bonds. The predicted octanol–water partition coefficient (Wildman–Crippen LogP) is -1.21. The number of esters is 2. The van der Waals surface area contributed by atoms with Crippen LogP contribution in [0.5, 0.6) is 0 Å². The summed E-state index contributed by atoms with van der Waals surface area (Å²) < 4.78 is 9.41. The Bertz CT molecular complexity index is 397. The maximum Gasteiger partial charge on any atom is 0.329 e. The van der Waals surface area contributed by atoms with Gasteiger partial charge >= 0.3 is 17.9 Å². The van der Waals surface area contributed by atoms with Crippen molar-refractivity contribution >= 4 is 23.8 Å². The molecule has 0 aliphatic heterocycles. The molecule has 21 heavy (non-hydrogen) atoms. The fraction of sp³-hybridized carbons (Fsp3) is 0.667. The summed E-state index contributed by atoms with van der Waals surface area (Å²) in [5.74, 6) is -3.63. The van der Waals surface area contributed by atoms with E-state index in [2.05, 4.69) is 10.1 Å². The van der Waals surface area contributed by atoms with Crippen LogP contribution < -0.4 is 11.1 Å². The summed E-state index contributed by atoms with van der Waals surface area (Å²) in [5, 5.41) is 10.7. The average molecular weight is 304 g/mol. The van der Waals surface area contributed by atoms with Crippen LogP contribution in [0.4, 0.5) is 0 Å². The zero-order valence-electron chi connectivity index (χ0n) is 12.0. The van der Waals surface area contributed by atoms with Gasteiger partial charge in [0.05, 0.1) is 32.1 Å². The van der Waals surface area contributed by atoms with Crippen molar-refractivity contribution in [1.82, 2.24) is 5.32 Å². The first kappa shape index (κ1) is 18.8. The summed E-state index contributed by atoms with van der Waals surface area (Å²) in [6.45, 7) is 3.35. The molecule has 120 valence electrons. The van der Waals surface area contributed by atoms with E-state index < -0.39 is 48.7 Å². The van der Waals surface area contributed by atoms with Gasteiger partial charge in [0.15, 0.2) is 0 Å². The second kappa shape index (κ2) is 9.70. The minimum Gasteiger partial charge on any atom is -0.481 e. The van der Waals surface area contributed by atoms with Crippen LogP contribution in [-0.4, -0.2) is 54.2 Å². The van der Waals surface area contributed by atoms with Crippen LogP contribution in [-0.2, 0) is 28.7 Å². The Morgan fingerprint density at radius 3 is 2.14 bits per heavy atom. The standard InChI is InChI=1S/C12H20N2O7/c1-3-20-10(17)6-8(12(19)21-4-2)14-11(18)7(13)5-9(15)16/h7-8H,3-6,13H2,1-2H3,(H,14,18)(H,15,16)/t7-,8+/m0/s1. The van der Waals surface area contributed by atoms with E-state index in [1.54, 1.807) is 13.8 Å². The van der Waals surface area contributed by atoms with Gasteiger partial charge in [-0.1, -0.05) is 0 Å². The van der Waals surface area contributed by atoms with Crippen molar-refractivity contribution in [2.24, 2.45) is 5.73 Å². The van der Waals surface area contributed by atoms with Crippen molar-refractivity contribution in [3.05, 3.63) is 0 Å². The Morgan fingerprint density at radius 1 is 1.10 bits per heavy atom. The lowest BCUT2D eigenvalue weighted by molar-refractivity contribution is -0.153. The molecular formula is C12H20N2O7. The van der Waals surface area contributed by atoms with E-state index in [0.29, 0.717) is 0 Å². The molecular weight excluding hydrogens is 284 g/mol. The van der Waals surface area contributed by atoms with Crippen molar-refractivity contribution in [3.63, 3.8) is 0 Å². The highest BCUT2D eigenvalue weighted by Gasteiger charge is 2.28. The third kappa shape index (κ3) is 7.88. The van der Waals surface area contributed by atoms with Gasteiger partial charge in [0, 0.05) is 0 Å². The second-order valence-corrected chi connectivity index (χ2v) is 4.03. The topological polar surface area (TPSA) is 145 Å². The summed E-state index contributed by atoms with van der Waals surface area (Å²) in [6.07, 6.45) is -1.01. The zero-order chi connectivity index (χ0) is 16.4. The molecule has 0 heterocycles. The highest BCUT2D eigenvalue weighted by atomic mass is 16.5. The predicted molar refractivity (Wildman–Crippen MR) is 70.0 cm³/mol. The first-order valence-corrected chi connectivity index (χ1v) is 6.41. The summed E-state index contributed by atoms with van der Waals surface area (Å²) in [7, 11) is 0. The minimum absolute atomic E-state index is 0.0647. The molecule has 9 nitrogen and oxygen atoms in total. The van der Waals surface area contributed by atoms with Gasteiger partial charge < -0.3 is 25.6 Å². The van der Waals surface area contributed by atoms with E-state index in [0.717, 1.165) is 0 Å². The number of aliphatic carboxylic acids is 1. The number of rotatable bonds is 9. The molecule has 0 aliphatic carbocycles. The lowest BCUT2D eigenvalue weighted by Gasteiger charge is -2.18. The van der Waals surface area contributed by atoms with Crippen LogP contribution in [0, 0.1) is 0 Å². The van der Waals surface area contributed by atoms with E-state index in [1.165, 1.54) is 0 Å². The van der Waals surface area contributed by atoms with Crippen LogP contribution >= 0.6 is 0 Å². The van der Waals surface area contributed by atoms with E-state index >= 15 is 0 Å². The van der Waals surface area contributed by atoms with Gasteiger partial charge in [0.2, 0.25) is 5.91 Å². The van der Waals surface area contributed by atoms with E-state index in [9.17, 15) is 19.2 Å². The molecule has 0 radical (unpaired) electrons. The van der Waals surface area contributed by atoms with Crippen molar-refractivity contribution in [3.8, 4) is 0 Å². The highest BCUT2D eigenvalue weighted by Crippen LogP contribution is 2.01. The lowest BCUT2D eigenvalue weighted by Crippen LogP contribution is -2.50. The summed E-state index contributed by atoms with van der Waals surface area (Å²) >= 11 is 0. The summed E-state index contributed by atoms with van der Waals surface area (Å²) in [4.78, 5) is 45.2. The number of nitrogens with one attached hydrogen (secondary N) is 1. The Hall–Kier alpha value is -2.16. The highest BCUT2D eigenvalue weighted by molar-refractivity contribution is 5.91. The molecule has 0 bridgehead atoms. The molecule has 2 atom stereocenters.